The zero-order chi connectivity index (χ0) is 22.6. The summed E-state index contributed by atoms with van der Waals surface area (Å²) in [6.07, 6.45) is 1.52. The molecule has 0 radical (unpaired) electrons. The summed E-state index contributed by atoms with van der Waals surface area (Å²) in [6.45, 7) is 10.6. The number of methoxy groups -OCH3 is 1. The fourth-order valence-corrected chi connectivity index (χ4v) is 6.63. The summed E-state index contributed by atoms with van der Waals surface area (Å²) in [4.78, 5) is 16.9. The highest BCUT2D eigenvalue weighted by Crippen LogP contribution is 2.32. The summed E-state index contributed by atoms with van der Waals surface area (Å²) in [5, 5.41) is 0. The molecule has 0 N–H and O–H groups in total. The van der Waals surface area contributed by atoms with E-state index < -0.39 is 10.0 Å². The Morgan fingerprint density at radius 2 is 1.74 bits per heavy atom. The number of benzene rings is 1. The lowest BCUT2D eigenvalue weighted by atomic mass is 10.1. The molecule has 174 valence electrons. The third-order valence-corrected chi connectivity index (χ3v) is 8.53. The van der Waals surface area contributed by atoms with Crippen LogP contribution in [-0.4, -0.2) is 94.1 Å². The molecule has 3 rings (SSSR count). The highest BCUT2D eigenvalue weighted by molar-refractivity contribution is 7.89. The number of amides is 1. The molecule has 8 nitrogen and oxygen atoms in total. The maximum atomic E-state index is 13.4. The first-order chi connectivity index (χ1) is 14.8. The van der Waals surface area contributed by atoms with Crippen LogP contribution in [0.15, 0.2) is 17.0 Å². The monoisotopic (exact) mass is 453 g/mol. The Bertz CT molecular complexity index is 858. The average molecular weight is 454 g/mol. The molecular formula is C22H35N3O5S. The number of likely N-dealkylation sites (N-methyl/N-ethyl adjacent to an activating group) is 1. The van der Waals surface area contributed by atoms with Gasteiger partial charge in [0.25, 0.3) is 0 Å². The van der Waals surface area contributed by atoms with Crippen LogP contribution in [0, 0.1) is 13.8 Å². The van der Waals surface area contributed by atoms with E-state index in [9.17, 15) is 13.2 Å². The number of nitrogens with zero attached hydrogens (tertiary/aromatic N) is 3. The van der Waals surface area contributed by atoms with Crippen molar-refractivity contribution in [2.75, 3.05) is 59.6 Å². The Kier molecular flexibility index (Phi) is 7.96. The number of rotatable bonds is 8. The number of sulfonamides is 1. The fraction of sp³-hybridized carbons (Fsp3) is 0.682. The standard InChI is InChI=1S/C22H35N3O5S/c1-5-23-9-11-24(12-10-23)21(26)16-30-15-19-7-6-8-25(19)31(27,28)22-17(2)13-20(29-4)14-18(22)3/h13-14,19H,5-12,15-16H2,1-4H3. The van der Waals surface area contributed by atoms with E-state index in [1.165, 1.54) is 0 Å². The maximum absolute atomic E-state index is 13.4. The lowest BCUT2D eigenvalue weighted by molar-refractivity contribution is -0.138. The molecule has 0 aromatic heterocycles. The highest BCUT2D eigenvalue weighted by Gasteiger charge is 2.37. The van der Waals surface area contributed by atoms with E-state index >= 15 is 0 Å². The van der Waals surface area contributed by atoms with Gasteiger partial charge in [0, 0.05) is 38.8 Å². The van der Waals surface area contributed by atoms with Crippen LogP contribution in [0.5, 0.6) is 5.75 Å². The van der Waals surface area contributed by atoms with Crippen molar-refractivity contribution >= 4 is 15.9 Å². The Hall–Kier alpha value is -1.68. The van der Waals surface area contributed by atoms with Gasteiger partial charge in [-0.2, -0.15) is 4.31 Å². The van der Waals surface area contributed by atoms with Crippen LogP contribution < -0.4 is 4.74 Å². The third-order valence-electron chi connectivity index (χ3n) is 6.27. The van der Waals surface area contributed by atoms with E-state index in [1.54, 1.807) is 37.4 Å². The van der Waals surface area contributed by atoms with Crippen molar-refractivity contribution in [1.29, 1.82) is 0 Å². The molecule has 1 unspecified atom stereocenters. The molecule has 1 aromatic carbocycles. The molecule has 0 bridgehead atoms. The zero-order valence-electron chi connectivity index (χ0n) is 19.1. The van der Waals surface area contributed by atoms with E-state index in [0.717, 1.165) is 45.6 Å². The van der Waals surface area contributed by atoms with E-state index in [2.05, 4.69) is 11.8 Å². The van der Waals surface area contributed by atoms with Gasteiger partial charge >= 0.3 is 0 Å². The molecule has 9 heteroatoms. The van der Waals surface area contributed by atoms with E-state index in [0.29, 0.717) is 28.3 Å². The number of piperazine rings is 1. The summed E-state index contributed by atoms with van der Waals surface area (Å²) in [5.74, 6) is 0.624. The van der Waals surface area contributed by atoms with Crippen LogP contribution in [-0.2, 0) is 19.6 Å². The largest absolute Gasteiger partial charge is 0.497 e. The second-order valence-corrected chi connectivity index (χ2v) is 10.2. The van der Waals surface area contributed by atoms with Gasteiger partial charge in [-0.05, 0) is 56.5 Å². The fourth-order valence-electron chi connectivity index (χ4n) is 4.53. The molecule has 2 heterocycles. The first kappa shape index (κ1) is 24.0. The number of hydrogen-bond acceptors (Lipinski definition) is 6. The summed E-state index contributed by atoms with van der Waals surface area (Å²) in [6, 6.07) is 3.24. The molecule has 0 spiro atoms. The minimum atomic E-state index is -3.66. The smallest absolute Gasteiger partial charge is 0.248 e. The Morgan fingerprint density at radius 1 is 1.10 bits per heavy atom. The van der Waals surface area contributed by atoms with E-state index in [-0.39, 0.29) is 25.2 Å². The van der Waals surface area contributed by atoms with Crippen LogP contribution in [0.3, 0.4) is 0 Å². The second kappa shape index (κ2) is 10.3. The minimum Gasteiger partial charge on any atom is -0.497 e. The van der Waals surface area contributed by atoms with E-state index in [4.69, 9.17) is 9.47 Å². The van der Waals surface area contributed by atoms with Gasteiger partial charge in [0.05, 0.1) is 18.6 Å². The predicted molar refractivity (Wildman–Crippen MR) is 119 cm³/mol. The van der Waals surface area contributed by atoms with Gasteiger partial charge in [-0.15, -0.1) is 0 Å². The van der Waals surface area contributed by atoms with Crippen molar-refractivity contribution < 1.29 is 22.7 Å². The SMILES string of the molecule is CCN1CCN(C(=O)COCC2CCCN2S(=O)(=O)c2c(C)cc(OC)cc2C)CC1. The Labute approximate surface area is 186 Å². The van der Waals surface area contributed by atoms with Gasteiger partial charge < -0.3 is 19.3 Å². The molecule has 1 amide bonds. The van der Waals surface area contributed by atoms with Crippen LogP contribution in [0.25, 0.3) is 0 Å². The van der Waals surface area contributed by atoms with Crippen LogP contribution >= 0.6 is 0 Å². The number of ether oxygens (including phenoxy) is 2. The molecular weight excluding hydrogens is 418 g/mol. The lowest BCUT2D eigenvalue weighted by Crippen LogP contribution is -2.49. The summed E-state index contributed by atoms with van der Waals surface area (Å²) in [7, 11) is -2.09. The molecule has 1 atom stereocenters. The van der Waals surface area contributed by atoms with Crippen molar-refractivity contribution in [3.63, 3.8) is 0 Å². The first-order valence-corrected chi connectivity index (χ1v) is 12.5. The summed E-state index contributed by atoms with van der Waals surface area (Å²) >= 11 is 0. The maximum Gasteiger partial charge on any atom is 0.248 e. The van der Waals surface area contributed by atoms with Gasteiger partial charge in [-0.1, -0.05) is 6.92 Å². The molecule has 2 aliphatic heterocycles. The quantitative estimate of drug-likeness (QED) is 0.596. The first-order valence-electron chi connectivity index (χ1n) is 11.0. The summed E-state index contributed by atoms with van der Waals surface area (Å²) in [5.41, 5.74) is 1.34. The zero-order valence-corrected chi connectivity index (χ0v) is 19.9. The van der Waals surface area contributed by atoms with Crippen LogP contribution in [0.2, 0.25) is 0 Å². The highest BCUT2D eigenvalue weighted by atomic mass is 32.2. The third kappa shape index (κ3) is 5.39. The molecule has 2 aliphatic rings. The molecule has 0 saturated carbocycles. The topological polar surface area (TPSA) is 79.4 Å². The Balaban J connectivity index is 1.60. The molecule has 0 aliphatic carbocycles. The van der Waals surface area contributed by atoms with Gasteiger partial charge in [-0.25, -0.2) is 8.42 Å². The van der Waals surface area contributed by atoms with Crippen molar-refractivity contribution in [3.8, 4) is 5.75 Å². The van der Waals surface area contributed by atoms with Gasteiger partial charge in [-0.3, -0.25) is 4.79 Å². The normalized spacial score (nSPS) is 20.9. The number of hydrogen-bond donors (Lipinski definition) is 0. The van der Waals surface area contributed by atoms with Crippen LogP contribution in [0.1, 0.15) is 30.9 Å². The van der Waals surface area contributed by atoms with Gasteiger partial charge in [0.2, 0.25) is 15.9 Å². The molecule has 31 heavy (non-hydrogen) atoms. The predicted octanol–water partition coefficient (Wildman–Crippen LogP) is 1.65. The van der Waals surface area contributed by atoms with Crippen LogP contribution in [0.4, 0.5) is 0 Å². The average Bonchev–Trinajstić information content (AvgIpc) is 3.22. The van der Waals surface area contributed by atoms with Gasteiger partial charge in [0.15, 0.2) is 0 Å². The number of carbonyl (C=O) groups is 1. The van der Waals surface area contributed by atoms with Crippen molar-refractivity contribution in [3.05, 3.63) is 23.3 Å². The van der Waals surface area contributed by atoms with Crippen molar-refractivity contribution in [2.45, 2.75) is 44.6 Å². The molecule has 2 saturated heterocycles. The van der Waals surface area contributed by atoms with Crippen molar-refractivity contribution in [2.24, 2.45) is 0 Å². The minimum absolute atomic E-state index is 0.00287. The lowest BCUT2D eigenvalue weighted by Gasteiger charge is -2.34. The van der Waals surface area contributed by atoms with Crippen molar-refractivity contribution in [1.82, 2.24) is 14.1 Å². The van der Waals surface area contributed by atoms with E-state index in [1.807, 2.05) is 4.90 Å². The van der Waals surface area contributed by atoms with Gasteiger partial charge in [0.1, 0.15) is 12.4 Å². The second-order valence-electron chi connectivity index (χ2n) is 8.33. The molecule has 1 aromatic rings. The number of carbonyl (C=O) groups excluding carboxylic acids is 1. The molecule has 2 fully saturated rings. The number of aryl methyl sites for hydroxylation is 2. The Morgan fingerprint density at radius 3 is 2.32 bits per heavy atom. The summed E-state index contributed by atoms with van der Waals surface area (Å²) < 4.78 is 39.4.